The third-order valence-electron chi connectivity index (χ3n) is 0.353. The lowest BCUT2D eigenvalue weighted by molar-refractivity contribution is 1.40. The molecule has 1 N–H and O–H groups in total. The molecule has 0 aliphatic rings. The molecule has 0 rings (SSSR count). The van der Waals surface area contributed by atoms with Gasteiger partial charge in [0, 0.05) is 12.5 Å². The van der Waals surface area contributed by atoms with Crippen molar-refractivity contribution in [3.8, 4) is 0 Å². The van der Waals surface area contributed by atoms with E-state index < -0.39 is 0 Å². The van der Waals surface area contributed by atoms with E-state index in [9.17, 15) is 0 Å². The van der Waals surface area contributed by atoms with Gasteiger partial charge in [-0.1, -0.05) is 18.0 Å². The van der Waals surface area contributed by atoms with Gasteiger partial charge in [-0.2, -0.15) is 0 Å². The molecular formula is C4H9NS. The standard InChI is InChI=1S/C4H9NS/c1-3-4-5-6-2/h3-5H,1-2H3. The van der Waals surface area contributed by atoms with Gasteiger partial charge in [0.1, 0.15) is 0 Å². The van der Waals surface area contributed by atoms with E-state index in [1.165, 1.54) is 0 Å². The molecule has 0 radical (unpaired) electrons. The Morgan fingerprint density at radius 1 is 1.67 bits per heavy atom. The molecule has 0 bridgehead atoms. The summed E-state index contributed by atoms with van der Waals surface area (Å²) in [5.74, 6) is 0. The van der Waals surface area contributed by atoms with E-state index in [2.05, 4.69) is 4.72 Å². The van der Waals surface area contributed by atoms with E-state index >= 15 is 0 Å². The Bertz CT molecular complexity index is 42.8. The number of hydrogen-bond donors (Lipinski definition) is 1. The third kappa shape index (κ3) is 3.89. The molecule has 36 valence electrons. The van der Waals surface area contributed by atoms with Crippen LogP contribution in [0.4, 0.5) is 0 Å². The van der Waals surface area contributed by atoms with E-state index in [4.69, 9.17) is 0 Å². The van der Waals surface area contributed by atoms with Gasteiger partial charge in [0.05, 0.1) is 0 Å². The van der Waals surface area contributed by atoms with Crippen molar-refractivity contribution in [1.82, 2.24) is 4.72 Å². The van der Waals surface area contributed by atoms with Crippen molar-refractivity contribution in [3.05, 3.63) is 12.3 Å². The molecule has 6 heavy (non-hydrogen) atoms. The largest absolute Gasteiger partial charge is 0.337 e. The molecule has 0 saturated heterocycles. The van der Waals surface area contributed by atoms with Crippen LogP contribution in [0.5, 0.6) is 0 Å². The molecule has 0 aliphatic heterocycles. The van der Waals surface area contributed by atoms with Gasteiger partial charge in [-0.15, -0.1) is 0 Å². The fourth-order valence-corrected chi connectivity index (χ4v) is 0.408. The highest BCUT2D eigenvalue weighted by Gasteiger charge is 1.58. The van der Waals surface area contributed by atoms with E-state index in [1.807, 2.05) is 25.5 Å². The quantitative estimate of drug-likeness (QED) is 0.530. The summed E-state index contributed by atoms with van der Waals surface area (Å²) in [6.45, 7) is 1.98. The van der Waals surface area contributed by atoms with E-state index in [1.54, 1.807) is 11.9 Å². The normalized spacial score (nSPS) is 9.67. The topological polar surface area (TPSA) is 12.0 Å². The van der Waals surface area contributed by atoms with Gasteiger partial charge < -0.3 is 4.72 Å². The van der Waals surface area contributed by atoms with Gasteiger partial charge in [0.2, 0.25) is 0 Å². The van der Waals surface area contributed by atoms with Gasteiger partial charge >= 0.3 is 0 Å². The minimum atomic E-state index is 1.59. The van der Waals surface area contributed by atoms with Gasteiger partial charge in [-0.05, 0) is 6.92 Å². The Kier molecular flexibility index (Phi) is 4.80. The molecule has 0 aliphatic carbocycles. The predicted octanol–water partition coefficient (Wildman–Crippen LogP) is 1.39. The maximum atomic E-state index is 2.93. The van der Waals surface area contributed by atoms with Crippen molar-refractivity contribution < 1.29 is 0 Å². The molecule has 0 saturated carbocycles. The second-order valence-electron chi connectivity index (χ2n) is 0.822. The summed E-state index contributed by atoms with van der Waals surface area (Å²) < 4.78 is 2.93. The number of hydrogen-bond acceptors (Lipinski definition) is 2. The highest BCUT2D eigenvalue weighted by molar-refractivity contribution is 7.96. The van der Waals surface area contributed by atoms with Crippen LogP contribution in [0.2, 0.25) is 0 Å². The lowest BCUT2D eigenvalue weighted by Crippen LogP contribution is -1.84. The average molecular weight is 103 g/mol. The van der Waals surface area contributed by atoms with Crippen LogP contribution in [0.25, 0.3) is 0 Å². The zero-order valence-corrected chi connectivity index (χ0v) is 4.88. The molecule has 0 heterocycles. The number of nitrogens with one attached hydrogen (secondary N) is 1. The number of allylic oxidation sites excluding steroid dienone is 1. The van der Waals surface area contributed by atoms with Crippen LogP contribution in [0.1, 0.15) is 6.92 Å². The van der Waals surface area contributed by atoms with Crippen LogP contribution in [0, 0.1) is 0 Å². The van der Waals surface area contributed by atoms with Gasteiger partial charge in [-0.3, -0.25) is 0 Å². The molecule has 0 aromatic carbocycles. The third-order valence-corrected chi connectivity index (χ3v) is 0.724. The van der Waals surface area contributed by atoms with Gasteiger partial charge in [0.15, 0.2) is 0 Å². The van der Waals surface area contributed by atoms with Crippen molar-refractivity contribution in [2.45, 2.75) is 6.92 Å². The molecule has 0 fully saturated rings. The fourth-order valence-electron chi connectivity index (χ4n) is 0.136. The Hall–Kier alpha value is -0.110. The summed E-state index contributed by atoms with van der Waals surface area (Å²) in [6, 6.07) is 0. The molecule has 2 heteroatoms. The smallest absolute Gasteiger partial charge is 0.00294 e. The minimum Gasteiger partial charge on any atom is -0.337 e. The fraction of sp³-hybridized carbons (Fsp3) is 0.500. The Morgan fingerprint density at radius 3 is 2.50 bits per heavy atom. The average Bonchev–Trinajstić information content (AvgIpc) is 1.61. The first-order valence-corrected chi connectivity index (χ1v) is 3.04. The van der Waals surface area contributed by atoms with E-state index in [0.717, 1.165) is 0 Å². The molecule has 0 spiro atoms. The summed E-state index contributed by atoms with van der Waals surface area (Å²) in [7, 11) is 0. The summed E-state index contributed by atoms with van der Waals surface area (Å²) in [5, 5.41) is 0. The molecular weight excluding hydrogens is 94.1 g/mol. The van der Waals surface area contributed by atoms with Crippen molar-refractivity contribution in [1.29, 1.82) is 0 Å². The lowest BCUT2D eigenvalue weighted by atomic mass is 10.7. The summed E-state index contributed by atoms with van der Waals surface area (Å²) in [6.07, 6.45) is 5.83. The van der Waals surface area contributed by atoms with Crippen molar-refractivity contribution in [2.24, 2.45) is 0 Å². The summed E-state index contributed by atoms with van der Waals surface area (Å²) >= 11 is 1.59. The first-order chi connectivity index (χ1) is 2.91. The minimum absolute atomic E-state index is 1.59. The van der Waals surface area contributed by atoms with Crippen LogP contribution in [-0.2, 0) is 0 Å². The molecule has 0 aromatic heterocycles. The molecule has 1 nitrogen and oxygen atoms in total. The van der Waals surface area contributed by atoms with Crippen molar-refractivity contribution in [3.63, 3.8) is 0 Å². The summed E-state index contributed by atoms with van der Waals surface area (Å²) in [4.78, 5) is 0. The molecule has 0 aromatic rings. The highest BCUT2D eigenvalue weighted by Crippen LogP contribution is 1.78. The molecule has 0 amide bonds. The maximum Gasteiger partial charge on any atom is 0.00294 e. The van der Waals surface area contributed by atoms with E-state index in [-0.39, 0.29) is 0 Å². The van der Waals surface area contributed by atoms with Crippen LogP contribution >= 0.6 is 11.9 Å². The van der Waals surface area contributed by atoms with Crippen LogP contribution in [0.15, 0.2) is 12.3 Å². The van der Waals surface area contributed by atoms with Crippen molar-refractivity contribution in [2.75, 3.05) is 6.26 Å². The molecule has 0 atom stereocenters. The maximum absolute atomic E-state index is 2.93. The van der Waals surface area contributed by atoms with Gasteiger partial charge in [0.25, 0.3) is 0 Å². The highest BCUT2D eigenvalue weighted by atomic mass is 32.2. The number of rotatable bonds is 2. The second kappa shape index (κ2) is 4.89. The summed E-state index contributed by atoms with van der Waals surface area (Å²) in [5.41, 5.74) is 0. The van der Waals surface area contributed by atoms with Gasteiger partial charge in [-0.25, -0.2) is 0 Å². The molecule has 0 unspecified atom stereocenters. The zero-order valence-electron chi connectivity index (χ0n) is 4.06. The first kappa shape index (κ1) is 5.89. The van der Waals surface area contributed by atoms with Crippen molar-refractivity contribution >= 4 is 11.9 Å². The second-order valence-corrected chi connectivity index (χ2v) is 1.47. The SMILES string of the molecule is CC=CNSC. The van der Waals surface area contributed by atoms with Crippen LogP contribution in [0.3, 0.4) is 0 Å². The Balaban J connectivity index is 2.66. The lowest BCUT2D eigenvalue weighted by Gasteiger charge is -1.84. The predicted molar refractivity (Wildman–Crippen MR) is 31.5 cm³/mol. The van der Waals surface area contributed by atoms with Crippen LogP contribution < -0.4 is 4.72 Å². The zero-order chi connectivity index (χ0) is 4.83. The first-order valence-electron chi connectivity index (χ1n) is 1.81. The van der Waals surface area contributed by atoms with E-state index in [0.29, 0.717) is 0 Å². The Labute approximate surface area is 43.0 Å². The van der Waals surface area contributed by atoms with Crippen LogP contribution in [-0.4, -0.2) is 6.26 Å². The Morgan fingerprint density at radius 2 is 2.33 bits per heavy atom. The monoisotopic (exact) mass is 103 g/mol.